The van der Waals surface area contributed by atoms with Crippen molar-refractivity contribution in [2.75, 3.05) is 13.7 Å². The zero-order valence-corrected chi connectivity index (χ0v) is 22.4. The van der Waals surface area contributed by atoms with Crippen molar-refractivity contribution >= 4 is 61.7 Å². The summed E-state index contributed by atoms with van der Waals surface area (Å²) in [5.74, 6) is -0.174. The number of methoxy groups -OCH3 is 1. The maximum Gasteiger partial charge on any atom is 0.329 e. The topological polar surface area (TPSA) is 82.1 Å². The van der Waals surface area contributed by atoms with Crippen LogP contribution < -0.4 is 9.47 Å². The van der Waals surface area contributed by atoms with Gasteiger partial charge in [-0.1, -0.05) is 58.4 Å². The number of fused-ring (bicyclic) bond motifs is 1. The first-order valence-corrected chi connectivity index (χ1v) is 12.9. The van der Waals surface area contributed by atoms with Gasteiger partial charge in [-0.05, 0) is 65.7 Å². The van der Waals surface area contributed by atoms with E-state index in [1.807, 2.05) is 24.3 Å². The molecule has 1 saturated heterocycles. The molecule has 0 bridgehead atoms. The third-order valence-electron chi connectivity index (χ3n) is 5.67. The van der Waals surface area contributed by atoms with Gasteiger partial charge in [0, 0.05) is 4.47 Å². The summed E-state index contributed by atoms with van der Waals surface area (Å²) in [5.41, 5.74) is 1.67. The van der Waals surface area contributed by atoms with Crippen LogP contribution in [-0.4, -0.2) is 41.8 Å². The molecule has 0 N–H and O–H groups in total. The van der Waals surface area contributed by atoms with Gasteiger partial charge in [-0.25, -0.2) is 4.79 Å². The summed E-state index contributed by atoms with van der Waals surface area (Å²) >= 11 is 4.31. The number of halogens is 1. The van der Waals surface area contributed by atoms with E-state index in [1.54, 1.807) is 25.1 Å². The van der Waals surface area contributed by atoms with Crippen molar-refractivity contribution in [2.24, 2.45) is 0 Å². The first-order chi connectivity index (χ1) is 17.3. The fourth-order valence-electron chi connectivity index (χ4n) is 3.83. The minimum absolute atomic E-state index is 0.164. The molecule has 186 valence electrons. The van der Waals surface area contributed by atoms with Crippen LogP contribution in [0.3, 0.4) is 0 Å². The molecule has 3 aromatic carbocycles. The van der Waals surface area contributed by atoms with Crippen molar-refractivity contribution in [1.82, 2.24) is 4.90 Å². The van der Waals surface area contributed by atoms with Crippen LogP contribution in [0.1, 0.15) is 25.0 Å². The molecular weight excluding hydrogens is 546 g/mol. The number of hydrogen-bond donors (Lipinski definition) is 0. The molecule has 1 atom stereocenters. The van der Waals surface area contributed by atoms with Crippen molar-refractivity contribution < 1.29 is 28.6 Å². The van der Waals surface area contributed by atoms with E-state index >= 15 is 0 Å². The number of benzene rings is 3. The molecule has 9 heteroatoms. The van der Waals surface area contributed by atoms with E-state index in [1.165, 1.54) is 14.0 Å². The number of amides is 2. The zero-order valence-electron chi connectivity index (χ0n) is 19.9. The van der Waals surface area contributed by atoms with Gasteiger partial charge in [-0.3, -0.25) is 14.5 Å². The summed E-state index contributed by atoms with van der Waals surface area (Å²) in [6.07, 6.45) is 1.59. The minimum atomic E-state index is -1.01. The summed E-state index contributed by atoms with van der Waals surface area (Å²) in [6.45, 7) is 3.64. The van der Waals surface area contributed by atoms with E-state index in [0.717, 1.165) is 33.0 Å². The lowest BCUT2D eigenvalue weighted by Gasteiger charge is -2.19. The van der Waals surface area contributed by atoms with Gasteiger partial charge in [-0.2, -0.15) is 0 Å². The SMILES string of the molecule is CCOC(=O)C(C)N1C(=O)SC(=Cc2cc(OC)c(OCc3cccc4ccccc34)cc2Br)C1=O. The summed E-state index contributed by atoms with van der Waals surface area (Å²) in [7, 11) is 1.53. The standard InChI is InChI=1S/C27H24BrNO6S/c1-4-34-26(31)16(2)29-25(30)24(36-27(29)32)13-19-12-22(33-3)23(14-21(19)28)35-15-18-10-7-9-17-8-5-6-11-20(17)18/h5-14,16H,4,15H2,1-3H3. The lowest BCUT2D eigenvalue weighted by atomic mass is 10.1. The third-order valence-corrected chi connectivity index (χ3v) is 7.24. The Morgan fingerprint density at radius 3 is 2.61 bits per heavy atom. The van der Waals surface area contributed by atoms with Crippen molar-refractivity contribution in [2.45, 2.75) is 26.5 Å². The van der Waals surface area contributed by atoms with E-state index in [9.17, 15) is 14.4 Å². The fraction of sp³-hybridized carbons (Fsp3) is 0.222. The first-order valence-electron chi connectivity index (χ1n) is 11.2. The molecule has 0 spiro atoms. The second kappa shape index (κ2) is 11.2. The minimum Gasteiger partial charge on any atom is -0.493 e. The highest BCUT2D eigenvalue weighted by atomic mass is 79.9. The van der Waals surface area contributed by atoms with E-state index in [4.69, 9.17) is 14.2 Å². The normalized spacial score (nSPS) is 15.4. The predicted molar refractivity (Wildman–Crippen MR) is 143 cm³/mol. The molecule has 1 aliphatic rings. The average Bonchev–Trinajstić information content (AvgIpc) is 3.15. The molecule has 7 nitrogen and oxygen atoms in total. The highest BCUT2D eigenvalue weighted by molar-refractivity contribution is 9.10. The first kappa shape index (κ1) is 25.8. The molecular formula is C27H24BrNO6S. The number of carbonyl (C=O) groups is 3. The van der Waals surface area contributed by atoms with Gasteiger partial charge in [0.05, 0.1) is 18.6 Å². The summed E-state index contributed by atoms with van der Waals surface area (Å²) < 4.78 is 17.3. The van der Waals surface area contributed by atoms with Gasteiger partial charge in [0.25, 0.3) is 11.1 Å². The molecule has 0 aromatic heterocycles. The van der Waals surface area contributed by atoms with Crippen LogP contribution in [0, 0.1) is 0 Å². The molecule has 3 aromatic rings. The second-order valence-corrected chi connectivity index (χ2v) is 9.78. The number of esters is 1. The molecule has 1 unspecified atom stereocenters. The Labute approximate surface area is 221 Å². The smallest absolute Gasteiger partial charge is 0.329 e. The quantitative estimate of drug-likeness (QED) is 0.236. The molecule has 0 radical (unpaired) electrons. The van der Waals surface area contributed by atoms with Crippen molar-refractivity contribution in [3.8, 4) is 11.5 Å². The van der Waals surface area contributed by atoms with E-state index in [0.29, 0.717) is 28.1 Å². The molecule has 4 rings (SSSR count). The largest absolute Gasteiger partial charge is 0.493 e. The van der Waals surface area contributed by atoms with Crippen molar-refractivity contribution in [3.63, 3.8) is 0 Å². The third kappa shape index (κ3) is 5.27. The Bertz CT molecular complexity index is 1370. The predicted octanol–water partition coefficient (Wildman–Crippen LogP) is 6.18. The molecule has 0 aliphatic carbocycles. The van der Waals surface area contributed by atoms with Crippen molar-refractivity contribution in [3.05, 3.63) is 75.1 Å². The van der Waals surface area contributed by atoms with E-state index in [2.05, 4.69) is 34.1 Å². The average molecular weight is 570 g/mol. The Balaban J connectivity index is 1.57. The highest BCUT2D eigenvalue weighted by Gasteiger charge is 2.41. The number of hydrogen-bond acceptors (Lipinski definition) is 7. The number of rotatable bonds is 8. The molecule has 1 fully saturated rings. The van der Waals surface area contributed by atoms with E-state index < -0.39 is 23.2 Å². The Morgan fingerprint density at radius 1 is 1.11 bits per heavy atom. The Kier molecular flexibility index (Phi) is 8.01. The summed E-state index contributed by atoms with van der Waals surface area (Å²) in [5, 5.41) is 1.72. The van der Waals surface area contributed by atoms with Crippen LogP contribution in [0.4, 0.5) is 4.79 Å². The fourth-order valence-corrected chi connectivity index (χ4v) is 5.17. The monoisotopic (exact) mass is 569 g/mol. The van der Waals surface area contributed by atoms with Gasteiger partial charge in [0.2, 0.25) is 0 Å². The summed E-state index contributed by atoms with van der Waals surface area (Å²) in [4.78, 5) is 38.6. The van der Waals surface area contributed by atoms with Crippen LogP contribution in [0.15, 0.2) is 64.0 Å². The maximum atomic E-state index is 12.9. The number of nitrogens with zero attached hydrogens (tertiary/aromatic N) is 1. The molecule has 1 heterocycles. The Morgan fingerprint density at radius 2 is 1.86 bits per heavy atom. The molecule has 0 saturated carbocycles. The Hall–Kier alpha value is -3.30. The van der Waals surface area contributed by atoms with Gasteiger partial charge < -0.3 is 14.2 Å². The van der Waals surface area contributed by atoms with Gasteiger partial charge in [0.15, 0.2) is 11.5 Å². The second-order valence-electron chi connectivity index (χ2n) is 7.93. The zero-order chi connectivity index (χ0) is 25.8. The summed E-state index contributed by atoms with van der Waals surface area (Å²) in [6, 6.07) is 16.7. The number of imide groups is 1. The molecule has 2 amide bonds. The highest BCUT2D eigenvalue weighted by Crippen LogP contribution is 2.39. The lowest BCUT2D eigenvalue weighted by Crippen LogP contribution is -2.42. The van der Waals surface area contributed by atoms with Gasteiger partial charge in [0.1, 0.15) is 12.6 Å². The lowest BCUT2D eigenvalue weighted by molar-refractivity contribution is -0.150. The number of thioether (sulfide) groups is 1. The number of ether oxygens (including phenoxy) is 3. The van der Waals surface area contributed by atoms with Crippen molar-refractivity contribution in [1.29, 1.82) is 0 Å². The van der Waals surface area contributed by atoms with E-state index in [-0.39, 0.29) is 11.5 Å². The van der Waals surface area contributed by atoms with Crippen LogP contribution in [-0.2, 0) is 20.9 Å². The van der Waals surface area contributed by atoms with Crippen LogP contribution >= 0.6 is 27.7 Å². The van der Waals surface area contributed by atoms with Gasteiger partial charge in [-0.15, -0.1) is 0 Å². The van der Waals surface area contributed by atoms with Crippen LogP contribution in [0.5, 0.6) is 11.5 Å². The maximum absolute atomic E-state index is 12.9. The van der Waals surface area contributed by atoms with Gasteiger partial charge >= 0.3 is 5.97 Å². The molecule has 36 heavy (non-hydrogen) atoms. The molecule has 1 aliphatic heterocycles. The number of carbonyl (C=O) groups excluding carboxylic acids is 3. The van der Waals surface area contributed by atoms with Crippen LogP contribution in [0.25, 0.3) is 16.8 Å². The van der Waals surface area contributed by atoms with Crippen LogP contribution in [0.2, 0.25) is 0 Å².